The number of aryl methyl sites for hydroxylation is 1. The van der Waals surface area contributed by atoms with Crippen LogP contribution >= 0.6 is 0 Å². The Kier molecular flexibility index (Phi) is 6.96. The molecule has 2 aromatic rings. The minimum atomic E-state index is 0.0126. The lowest BCUT2D eigenvalue weighted by atomic mass is 9.96. The first-order valence-corrected chi connectivity index (χ1v) is 9.27. The van der Waals surface area contributed by atoms with Gasteiger partial charge in [0.05, 0.1) is 5.66 Å². The number of rotatable bonds is 5. The third kappa shape index (κ3) is 4.72. The van der Waals surface area contributed by atoms with E-state index in [2.05, 4.69) is 99.3 Å². The number of benzene rings is 2. The summed E-state index contributed by atoms with van der Waals surface area (Å²) in [5.41, 5.74) is 5.37. The number of nitrogens with one attached hydrogen (secondary N) is 1. The molecule has 26 heavy (non-hydrogen) atoms. The summed E-state index contributed by atoms with van der Waals surface area (Å²) in [6.45, 7) is 18.8. The molecule has 0 aliphatic carbocycles. The average molecular weight is 349 g/mol. The highest BCUT2D eigenvalue weighted by Gasteiger charge is 2.37. The van der Waals surface area contributed by atoms with Gasteiger partial charge >= 0.3 is 0 Å². The van der Waals surface area contributed by atoms with Crippen molar-refractivity contribution in [1.29, 1.82) is 0 Å². The van der Waals surface area contributed by atoms with Gasteiger partial charge in [-0.1, -0.05) is 61.2 Å². The van der Waals surface area contributed by atoms with Gasteiger partial charge in [-0.15, -0.1) is 13.2 Å². The van der Waals surface area contributed by atoms with Gasteiger partial charge in [0.1, 0.15) is 0 Å². The molecule has 0 radical (unpaired) electrons. The molecular weight excluding hydrogens is 316 g/mol. The zero-order valence-electron chi connectivity index (χ0n) is 16.5. The summed E-state index contributed by atoms with van der Waals surface area (Å²) in [6, 6.07) is 17.7. The molecule has 1 atom stereocenters. The molecule has 2 heteroatoms. The molecule has 0 amide bonds. The summed E-state index contributed by atoms with van der Waals surface area (Å²) in [7, 11) is 0. The molecule has 1 heterocycles. The van der Waals surface area contributed by atoms with E-state index < -0.39 is 0 Å². The topological polar surface area (TPSA) is 15.3 Å². The van der Waals surface area contributed by atoms with Crippen molar-refractivity contribution in [2.24, 2.45) is 0 Å². The van der Waals surface area contributed by atoms with E-state index in [-0.39, 0.29) is 5.66 Å². The average Bonchev–Trinajstić information content (AvgIpc) is 2.91. The van der Waals surface area contributed by atoms with Crippen LogP contribution < -0.4 is 5.32 Å². The van der Waals surface area contributed by atoms with Crippen molar-refractivity contribution in [3.05, 3.63) is 90.5 Å². The lowest BCUT2D eigenvalue weighted by molar-refractivity contribution is 0.149. The Morgan fingerprint density at radius 3 is 2.46 bits per heavy atom. The molecule has 0 saturated carbocycles. The van der Waals surface area contributed by atoms with Crippen molar-refractivity contribution in [2.75, 3.05) is 6.54 Å². The molecule has 1 saturated heterocycles. The van der Waals surface area contributed by atoms with E-state index in [0.717, 1.165) is 19.5 Å². The van der Waals surface area contributed by atoms with Crippen molar-refractivity contribution in [1.82, 2.24) is 10.2 Å². The Balaban J connectivity index is 0.00000117. The number of hydrogen-bond donors (Lipinski definition) is 1. The molecule has 1 aliphatic heterocycles. The Labute approximate surface area is 159 Å². The van der Waals surface area contributed by atoms with Gasteiger partial charge in [0.15, 0.2) is 0 Å². The monoisotopic (exact) mass is 348 g/mol. The smallest absolute Gasteiger partial charge is 0.0660 e. The van der Waals surface area contributed by atoms with Crippen LogP contribution in [-0.4, -0.2) is 23.1 Å². The van der Waals surface area contributed by atoms with Crippen LogP contribution in [0, 0.1) is 6.92 Å². The summed E-state index contributed by atoms with van der Waals surface area (Å²) in [5.74, 6) is 0. The number of nitrogens with zero attached hydrogens (tertiary/aromatic N) is 1. The summed E-state index contributed by atoms with van der Waals surface area (Å²) in [6.07, 6.45) is 3.03. The van der Waals surface area contributed by atoms with Crippen LogP contribution in [-0.2, 0) is 13.0 Å². The molecule has 3 rings (SSSR count). The second kappa shape index (κ2) is 8.98. The van der Waals surface area contributed by atoms with Crippen molar-refractivity contribution in [3.63, 3.8) is 0 Å². The predicted octanol–water partition coefficient (Wildman–Crippen LogP) is 5.19. The molecular formula is C24H32N2. The molecule has 2 aromatic carbocycles. The first kappa shape index (κ1) is 20.2. The molecule has 2 nitrogen and oxygen atoms in total. The van der Waals surface area contributed by atoms with E-state index in [0.29, 0.717) is 6.04 Å². The van der Waals surface area contributed by atoms with Gasteiger partial charge in [-0.25, -0.2) is 0 Å². The third-order valence-electron chi connectivity index (χ3n) is 5.09. The lowest BCUT2D eigenvalue weighted by Crippen LogP contribution is -2.46. The van der Waals surface area contributed by atoms with Crippen LogP contribution in [0.4, 0.5) is 0 Å². The fourth-order valence-electron chi connectivity index (χ4n) is 3.79. The van der Waals surface area contributed by atoms with Crippen molar-refractivity contribution in [2.45, 2.75) is 45.4 Å². The van der Waals surface area contributed by atoms with Gasteiger partial charge < -0.3 is 0 Å². The van der Waals surface area contributed by atoms with Crippen molar-refractivity contribution in [3.8, 4) is 0 Å². The highest BCUT2D eigenvalue weighted by Crippen LogP contribution is 2.26. The zero-order chi connectivity index (χ0) is 19.2. The van der Waals surface area contributed by atoms with E-state index in [9.17, 15) is 0 Å². The summed E-state index contributed by atoms with van der Waals surface area (Å²) >= 11 is 0. The quantitative estimate of drug-likeness (QED) is 0.748. The SMILES string of the molecule is C=C.C=Cc1c(C)cccc1C[C@H]1CN(Cc2ccccc2)C(C)(C)N1. The Hall–Kier alpha value is -2.16. The Bertz CT molecular complexity index is 718. The van der Waals surface area contributed by atoms with Crippen molar-refractivity contribution >= 4 is 6.08 Å². The van der Waals surface area contributed by atoms with E-state index in [4.69, 9.17) is 0 Å². The normalized spacial score (nSPS) is 18.8. The molecule has 0 spiro atoms. The van der Waals surface area contributed by atoms with Gasteiger partial charge in [-0.05, 0) is 49.4 Å². The lowest BCUT2D eigenvalue weighted by Gasteiger charge is -2.31. The van der Waals surface area contributed by atoms with E-state index in [1.54, 1.807) is 0 Å². The summed E-state index contributed by atoms with van der Waals surface area (Å²) < 4.78 is 0. The van der Waals surface area contributed by atoms with Crippen LogP contribution in [0.15, 0.2) is 68.3 Å². The second-order valence-corrected chi connectivity index (χ2v) is 7.32. The fourth-order valence-corrected chi connectivity index (χ4v) is 3.79. The molecule has 0 bridgehead atoms. The number of hydrogen-bond acceptors (Lipinski definition) is 2. The van der Waals surface area contributed by atoms with Gasteiger partial charge in [-0.3, -0.25) is 10.2 Å². The fraction of sp³-hybridized carbons (Fsp3) is 0.333. The largest absolute Gasteiger partial charge is 0.295 e. The molecule has 0 unspecified atom stereocenters. The minimum Gasteiger partial charge on any atom is -0.295 e. The van der Waals surface area contributed by atoms with E-state index in [1.807, 2.05) is 6.08 Å². The highest BCUT2D eigenvalue weighted by molar-refractivity contribution is 5.56. The van der Waals surface area contributed by atoms with Crippen molar-refractivity contribution < 1.29 is 0 Å². The van der Waals surface area contributed by atoms with Gasteiger partial charge in [-0.2, -0.15) is 0 Å². The summed E-state index contributed by atoms with van der Waals surface area (Å²) in [5, 5.41) is 3.81. The molecule has 1 N–H and O–H groups in total. The third-order valence-corrected chi connectivity index (χ3v) is 5.09. The zero-order valence-corrected chi connectivity index (χ0v) is 16.5. The van der Waals surface area contributed by atoms with E-state index in [1.165, 1.54) is 22.3 Å². The Morgan fingerprint density at radius 1 is 1.12 bits per heavy atom. The predicted molar refractivity (Wildman–Crippen MR) is 114 cm³/mol. The van der Waals surface area contributed by atoms with Crippen LogP contribution in [0.25, 0.3) is 6.08 Å². The standard InChI is InChI=1S/C22H28N2.C2H4/c1-5-21-17(2)10-9-13-19(21)14-20-16-24(22(3,4)23-20)15-18-11-7-6-8-12-18;1-2/h5-13,20,23H,1,14-16H2,2-4H3;1-2H2/t20-;/m0./s1. The maximum absolute atomic E-state index is 4.00. The van der Waals surface area contributed by atoms with Gasteiger partial charge in [0.25, 0.3) is 0 Å². The van der Waals surface area contributed by atoms with E-state index >= 15 is 0 Å². The van der Waals surface area contributed by atoms with Gasteiger partial charge in [0.2, 0.25) is 0 Å². The van der Waals surface area contributed by atoms with Crippen LogP contribution in [0.1, 0.15) is 36.1 Å². The van der Waals surface area contributed by atoms with Gasteiger partial charge in [0, 0.05) is 19.1 Å². The molecule has 1 aliphatic rings. The summed E-state index contributed by atoms with van der Waals surface area (Å²) in [4.78, 5) is 2.54. The maximum atomic E-state index is 4.00. The highest BCUT2D eigenvalue weighted by atomic mass is 15.4. The Morgan fingerprint density at radius 2 is 1.81 bits per heavy atom. The molecule has 138 valence electrons. The molecule has 1 fully saturated rings. The van der Waals surface area contributed by atoms with Crippen LogP contribution in [0.2, 0.25) is 0 Å². The molecule has 0 aromatic heterocycles. The second-order valence-electron chi connectivity index (χ2n) is 7.32. The minimum absolute atomic E-state index is 0.0126. The van der Waals surface area contributed by atoms with Crippen LogP contribution in [0.3, 0.4) is 0 Å². The maximum Gasteiger partial charge on any atom is 0.0660 e. The first-order chi connectivity index (χ1) is 12.5. The first-order valence-electron chi connectivity index (χ1n) is 9.27. The van der Waals surface area contributed by atoms with Crippen LogP contribution in [0.5, 0.6) is 0 Å².